The molecule has 10 heteroatoms. The first-order valence-corrected chi connectivity index (χ1v) is 7.50. The van der Waals surface area contributed by atoms with Gasteiger partial charge in [-0.2, -0.15) is 0 Å². The third kappa shape index (κ3) is 5.04. The van der Waals surface area contributed by atoms with Crippen molar-refractivity contribution in [1.82, 2.24) is 20.3 Å². The highest BCUT2D eigenvalue weighted by Gasteiger charge is 2.22. The topological polar surface area (TPSA) is 134 Å². The van der Waals surface area contributed by atoms with Gasteiger partial charge in [-0.15, -0.1) is 24.8 Å². The van der Waals surface area contributed by atoms with Gasteiger partial charge in [0.25, 0.3) is 11.5 Å². The van der Waals surface area contributed by atoms with E-state index in [1.54, 1.807) is 6.92 Å². The van der Waals surface area contributed by atoms with Gasteiger partial charge in [-0.05, 0) is 31.4 Å². The zero-order chi connectivity index (χ0) is 17.2. The lowest BCUT2D eigenvalue weighted by Gasteiger charge is -2.26. The SMILES string of the molecule is CCC(N)(CC)CNC(=O)c1cc(C)c2c(=O)[nH]c(=O)[nH]c2n1.Cl.Cl. The molecule has 0 fully saturated rings. The summed E-state index contributed by atoms with van der Waals surface area (Å²) in [6, 6.07) is 1.52. The van der Waals surface area contributed by atoms with E-state index in [0.717, 1.165) is 12.8 Å². The second kappa shape index (κ2) is 8.98. The largest absolute Gasteiger partial charge is 0.349 e. The van der Waals surface area contributed by atoms with Crippen LogP contribution >= 0.6 is 24.8 Å². The third-order valence-electron chi connectivity index (χ3n) is 4.14. The van der Waals surface area contributed by atoms with Crippen LogP contribution in [0.15, 0.2) is 15.7 Å². The van der Waals surface area contributed by atoms with E-state index in [0.29, 0.717) is 12.1 Å². The Labute approximate surface area is 156 Å². The number of carbonyl (C=O) groups is 1. The predicted octanol–water partition coefficient (Wildman–Crippen LogP) is 1.01. The number of nitrogens with one attached hydrogen (secondary N) is 3. The molecule has 0 spiro atoms. The highest BCUT2D eigenvalue weighted by Crippen LogP contribution is 2.12. The maximum absolute atomic E-state index is 12.3. The Bertz CT molecular complexity index is 858. The van der Waals surface area contributed by atoms with Crippen molar-refractivity contribution in [2.75, 3.05) is 6.54 Å². The van der Waals surface area contributed by atoms with Crippen LogP contribution in [0.2, 0.25) is 0 Å². The molecule has 2 heterocycles. The maximum atomic E-state index is 12.3. The minimum atomic E-state index is -0.662. The summed E-state index contributed by atoms with van der Waals surface area (Å²) in [5.74, 6) is -0.396. The van der Waals surface area contributed by atoms with Crippen LogP contribution in [-0.4, -0.2) is 32.9 Å². The standard InChI is InChI=1S/C15H21N5O3.2ClH/c1-4-15(16,5-2)7-17-12(21)9-6-8(3)10-11(18-9)19-14(23)20-13(10)22;;/h6H,4-5,7,16H2,1-3H3,(H,17,21)(H2,18,19,20,22,23);2*1H. The average Bonchev–Trinajstić information content (AvgIpc) is 2.51. The molecule has 0 radical (unpaired) electrons. The molecular weight excluding hydrogens is 369 g/mol. The van der Waals surface area contributed by atoms with Crippen molar-refractivity contribution in [2.24, 2.45) is 5.73 Å². The summed E-state index contributed by atoms with van der Waals surface area (Å²) in [5, 5.41) is 3.02. The summed E-state index contributed by atoms with van der Waals surface area (Å²) in [5.41, 5.74) is 5.28. The summed E-state index contributed by atoms with van der Waals surface area (Å²) in [7, 11) is 0. The van der Waals surface area contributed by atoms with Crippen molar-refractivity contribution in [3.63, 3.8) is 0 Å². The normalized spacial score (nSPS) is 10.7. The maximum Gasteiger partial charge on any atom is 0.327 e. The number of nitrogens with zero attached hydrogens (tertiary/aromatic N) is 1. The van der Waals surface area contributed by atoms with Crippen LogP contribution in [0.4, 0.5) is 0 Å². The molecular formula is C15H23Cl2N5O3. The van der Waals surface area contributed by atoms with Gasteiger partial charge < -0.3 is 11.1 Å². The molecule has 0 aliphatic heterocycles. The van der Waals surface area contributed by atoms with E-state index in [4.69, 9.17) is 5.73 Å². The summed E-state index contributed by atoms with van der Waals surface area (Å²) in [4.78, 5) is 44.1. The Kier molecular flexibility index (Phi) is 8.30. The summed E-state index contributed by atoms with van der Waals surface area (Å²) >= 11 is 0. The molecule has 0 saturated heterocycles. The Morgan fingerprint density at radius 2 is 1.84 bits per heavy atom. The number of halogens is 2. The van der Waals surface area contributed by atoms with E-state index in [1.165, 1.54) is 6.07 Å². The van der Waals surface area contributed by atoms with Crippen LogP contribution in [0.5, 0.6) is 0 Å². The quantitative estimate of drug-likeness (QED) is 0.603. The highest BCUT2D eigenvalue weighted by molar-refractivity contribution is 5.95. The molecule has 0 bridgehead atoms. The zero-order valence-corrected chi connectivity index (χ0v) is 15.9. The highest BCUT2D eigenvalue weighted by atomic mass is 35.5. The number of amides is 1. The monoisotopic (exact) mass is 391 g/mol. The van der Waals surface area contributed by atoms with Crippen molar-refractivity contribution in [3.05, 3.63) is 38.2 Å². The number of aromatic amines is 2. The third-order valence-corrected chi connectivity index (χ3v) is 4.14. The van der Waals surface area contributed by atoms with Crippen LogP contribution in [0, 0.1) is 6.92 Å². The van der Waals surface area contributed by atoms with Gasteiger partial charge in [-0.1, -0.05) is 13.8 Å². The number of H-pyrrole nitrogens is 2. The van der Waals surface area contributed by atoms with Gasteiger partial charge in [0.1, 0.15) is 11.3 Å². The molecule has 1 amide bonds. The van der Waals surface area contributed by atoms with Gasteiger partial charge >= 0.3 is 5.69 Å². The number of aromatic nitrogens is 3. The van der Waals surface area contributed by atoms with Gasteiger partial charge in [-0.3, -0.25) is 19.6 Å². The van der Waals surface area contributed by atoms with Gasteiger partial charge in [0, 0.05) is 12.1 Å². The number of aryl methyl sites for hydroxylation is 1. The fourth-order valence-corrected chi connectivity index (χ4v) is 2.32. The predicted molar refractivity (Wildman–Crippen MR) is 102 cm³/mol. The summed E-state index contributed by atoms with van der Waals surface area (Å²) in [6.07, 6.45) is 1.47. The molecule has 0 aliphatic rings. The van der Waals surface area contributed by atoms with Crippen molar-refractivity contribution < 1.29 is 4.79 Å². The van der Waals surface area contributed by atoms with Crippen molar-refractivity contribution in [2.45, 2.75) is 39.2 Å². The first kappa shape index (κ1) is 23.1. The second-order valence-electron chi connectivity index (χ2n) is 5.71. The van der Waals surface area contributed by atoms with E-state index in [1.807, 2.05) is 13.8 Å². The van der Waals surface area contributed by atoms with Crippen molar-refractivity contribution in [1.29, 1.82) is 0 Å². The summed E-state index contributed by atoms with van der Waals surface area (Å²) in [6.45, 7) is 5.93. The smallest absolute Gasteiger partial charge is 0.327 e. The molecule has 8 nitrogen and oxygen atoms in total. The first-order valence-electron chi connectivity index (χ1n) is 7.50. The van der Waals surface area contributed by atoms with E-state index < -0.39 is 22.7 Å². The lowest BCUT2D eigenvalue weighted by atomic mass is 9.94. The van der Waals surface area contributed by atoms with Gasteiger partial charge in [0.15, 0.2) is 0 Å². The Hall–Kier alpha value is -1.90. The lowest BCUT2D eigenvalue weighted by Crippen LogP contribution is -2.49. The number of hydrogen-bond acceptors (Lipinski definition) is 5. The molecule has 140 valence electrons. The minimum absolute atomic E-state index is 0. The molecule has 5 N–H and O–H groups in total. The molecule has 0 aromatic carbocycles. The number of pyridine rings is 1. The molecule has 2 aromatic rings. The molecule has 0 saturated carbocycles. The molecule has 0 aliphatic carbocycles. The van der Waals surface area contributed by atoms with E-state index in [9.17, 15) is 14.4 Å². The van der Waals surface area contributed by atoms with Gasteiger partial charge in [0.05, 0.1) is 5.39 Å². The number of carbonyl (C=O) groups excluding carboxylic acids is 1. The van der Waals surface area contributed by atoms with Gasteiger partial charge in [-0.25, -0.2) is 9.78 Å². The fraction of sp³-hybridized carbons (Fsp3) is 0.467. The van der Waals surface area contributed by atoms with Crippen LogP contribution in [0.3, 0.4) is 0 Å². The molecule has 25 heavy (non-hydrogen) atoms. The van der Waals surface area contributed by atoms with Crippen molar-refractivity contribution >= 4 is 41.8 Å². The van der Waals surface area contributed by atoms with E-state index in [-0.39, 0.29) is 41.5 Å². The number of rotatable bonds is 5. The van der Waals surface area contributed by atoms with Gasteiger partial charge in [0.2, 0.25) is 0 Å². The van der Waals surface area contributed by atoms with E-state index >= 15 is 0 Å². The number of fused-ring (bicyclic) bond motifs is 1. The van der Waals surface area contributed by atoms with Crippen LogP contribution in [0.1, 0.15) is 42.7 Å². The van der Waals surface area contributed by atoms with Crippen LogP contribution in [-0.2, 0) is 0 Å². The number of hydrogen-bond donors (Lipinski definition) is 4. The Balaban J connectivity index is 0.00000288. The first-order chi connectivity index (χ1) is 10.8. The van der Waals surface area contributed by atoms with Crippen LogP contribution in [0.25, 0.3) is 11.0 Å². The van der Waals surface area contributed by atoms with Crippen molar-refractivity contribution in [3.8, 4) is 0 Å². The van der Waals surface area contributed by atoms with E-state index in [2.05, 4.69) is 20.3 Å². The fourth-order valence-electron chi connectivity index (χ4n) is 2.32. The summed E-state index contributed by atoms with van der Waals surface area (Å²) < 4.78 is 0. The second-order valence-corrected chi connectivity index (χ2v) is 5.71. The molecule has 0 atom stereocenters. The zero-order valence-electron chi connectivity index (χ0n) is 14.3. The Morgan fingerprint density at radius 1 is 1.24 bits per heavy atom. The minimum Gasteiger partial charge on any atom is -0.349 e. The molecule has 2 rings (SSSR count). The Morgan fingerprint density at radius 3 is 2.40 bits per heavy atom. The van der Waals surface area contributed by atoms with Crippen LogP contribution < -0.4 is 22.3 Å². The lowest BCUT2D eigenvalue weighted by molar-refractivity contribution is 0.0937. The molecule has 2 aromatic heterocycles. The number of nitrogens with two attached hydrogens (primary N) is 1. The average molecular weight is 392 g/mol. The molecule has 0 unspecified atom stereocenters.